The fourth-order valence-corrected chi connectivity index (χ4v) is 2.07. The van der Waals surface area contributed by atoms with Crippen LogP contribution in [0.25, 0.3) is 0 Å². The molecule has 0 aliphatic carbocycles. The highest BCUT2D eigenvalue weighted by Crippen LogP contribution is 2.29. The second kappa shape index (κ2) is 7.23. The summed E-state index contributed by atoms with van der Waals surface area (Å²) in [5, 5.41) is 20.8. The first-order valence-electron chi connectivity index (χ1n) is 7.65. The average molecular weight is 327 g/mol. The molecule has 6 heteroatoms. The SMILES string of the molecule is Cc1ccc(O)c(N=Nc2ccc(NC(=O)C[N+](C)(C)C)cc2)c1. The number of hydrogen-bond acceptors (Lipinski definition) is 4. The lowest BCUT2D eigenvalue weighted by Gasteiger charge is -2.22. The molecule has 0 aliphatic heterocycles. The van der Waals surface area contributed by atoms with E-state index in [1.807, 2.05) is 34.1 Å². The average Bonchev–Trinajstić information content (AvgIpc) is 2.47. The zero-order chi connectivity index (χ0) is 17.7. The van der Waals surface area contributed by atoms with Crippen molar-refractivity contribution in [3.8, 4) is 5.75 Å². The number of carbonyl (C=O) groups excluding carboxylic acids is 1. The fourth-order valence-electron chi connectivity index (χ4n) is 2.07. The van der Waals surface area contributed by atoms with Gasteiger partial charge in [0.05, 0.1) is 26.8 Å². The van der Waals surface area contributed by atoms with E-state index in [1.54, 1.807) is 36.4 Å². The summed E-state index contributed by atoms with van der Waals surface area (Å²) < 4.78 is 0.568. The largest absolute Gasteiger partial charge is 0.506 e. The summed E-state index contributed by atoms with van der Waals surface area (Å²) in [7, 11) is 5.89. The summed E-state index contributed by atoms with van der Waals surface area (Å²) in [6, 6.07) is 12.2. The van der Waals surface area contributed by atoms with Crippen molar-refractivity contribution in [3.63, 3.8) is 0 Å². The number of azo groups is 1. The summed E-state index contributed by atoms with van der Waals surface area (Å²) in [6.07, 6.45) is 0. The van der Waals surface area contributed by atoms with Gasteiger partial charge in [-0.05, 0) is 48.9 Å². The molecule has 2 aromatic carbocycles. The van der Waals surface area contributed by atoms with E-state index in [-0.39, 0.29) is 11.7 Å². The van der Waals surface area contributed by atoms with Crippen LogP contribution in [-0.2, 0) is 4.79 Å². The van der Waals surface area contributed by atoms with Gasteiger partial charge in [-0.3, -0.25) is 4.79 Å². The zero-order valence-corrected chi connectivity index (χ0v) is 14.4. The lowest BCUT2D eigenvalue weighted by Crippen LogP contribution is -2.41. The molecule has 0 unspecified atom stereocenters. The third kappa shape index (κ3) is 5.48. The summed E-state index contributed by atoms with van der Waals surface area (Å²) in [5.74, 6) is 0.0510. The van der Waals surface area contributed by atoms with Crippen LogP contribution in [0.2, 0.25) is 0 Å². The first-order valence-corrected chi connectivity index (χ1v) is 7.65. The number of aryl methyl sites for hydroxylation is 1. The Kier molecular flexibility index (Phi) is 5.31. The lowest BCUT2D eigenvalue weighted by atomic mass is 10.2. The molecule has 0 spiro atoms. The molecule has 0 saturated heterocycles. The third-order valence-electron chi connectivity index (χ3n) is 3.17. The standard InChI is InChI=1S/C18H22N4O2/c1-13-5-10-17(23)16(11-13)21-20-15-8-6-14(7-9-15)19-18(24)12-22(2,3)4/h5-11H,12H2,1-4H3,(H-,19,20,21,23,24)/p+1. The first kappa shape index (κ1) is 17.6. The molecule has 0 radical (unpaired) electrons. The van der Waals surface area contributed by atoms with Gasteiger partial charge in [-0.25, -0.2) is 0 Å². The van der Waals surface area contributed by atoms with Crippen LogP contribution >= 0.6 is 0 Å². The van der Waals surface area contributed by atoms with Crippen LogP contribution in [0.5, 0.6) is 5.75 Å². The second-order valence-electron chi connectivity index (χ2n) is 6.74. The van der Waals surface area contributed by atoms with Crippen LogP contribution in [0.15, 0.2) is 52.7 Å². The molecule has 1 amide bonds. The van der Waals surface area contributed by atoms with E-state index < -0.39 is 0 Å². The topological polar surface area (TPSA) is 74.1 Å². The Bertz CT molecular complexity index is 747. The van der Waals surface area contributed by atoms with E-state index in [1.165, 1.54) is 0 Å². The van der Waals surface area contributed by atoms with Crippen molar-refractivity contribution in [3.05, 3.63) is 48.0 Å². The van der Waals surface area contributed by atoms with E-state index in [9.17, 15) is 9.90 Å². The van der Waals surface area contributed by atoms with E-state index >= 15 is 0 Å². The number of nitrogens with one attached hydrogen (secondary N) is 1. The van der Waals surface area contributed by atoms with Crippen LogP contribution in [0, 0.1) is 6.92 Å². The number of phenols is 1. The van der Waals surface area contributed by atoms with Gasteiger partial charge < -0.3 is 14.9 Å². The summed E-state index contributed by atoms with van der Waals surface area (Å²) in [4.78, 5) is 11.9. The molecule has 0 aliphatic rings. The van der Waals surface area contributed by atoms with E-state index in [4.69, 9.17) is 0 Å². The fraction of sp³-hybridized carbons (Fsp3) is 0.278. The molecule has 0 heterocycles. The van der Waals surface area contributed by atoms with Crippen molar-refractivity contribution in [2.45, 2.75) is 6.92 Å². The number of phenolic OH excluding ortho intramolecular Hbond substituents is 1. The highest BCUT2D eigenvalue weighted by Gasteiger charge is 2.14. The van der Waals surface area contributed by atoms with Crippen molar-refractivity contribution < 1.29 is 14.4 Å². The molecular weight excluding hydrogens is 304 g/mol. The maximum absolute atomic E-state index is 11.9. The molecule has 0 fully saturated rings. The number of nitrogens with zero attached hydrogens (tertiary/aromatic N) is 3. The number of quaternary nitrogens is 1. The molecule has 2 N–H and O–H groups in total. The van der Waals surface area contributed by atoms with E-state index in [2.05, 4.69) is 15.5 Å². The van der Waals surface area contributed by atoms with Gasteiger partial charge in [-0.15, -0.1) is 5.11 Å². The van der Waals surface area contributed by atoms with Crippen LogP contribution < -0.4 is 5.32 Å². The van der Waals surface area contributed by atoms with Gasteiger partial charge >= 0.3 is 0 Å². The molecule has 6 nitrogen and oxygen atoms in total. The molecular formula is C18H23N4O2+. The van der Waals surface area contributed by atoms with Gasteiger partial charge in [-0.2, -0.15) is 5.11 Å². The quantitative estimate of drug-likeness (QED) is 0.648. The molecule has 2 aromatic rings. The normalized spacial score (nSPS) is 11.7. The molecule has 0 saturated carbocycles. The van der Waals surface area contributed by atoms with Gasteiger partial charge in [0, 0.05) is 5.69 Å². The Hall–Kier alpha value is -2.73. The number of likely N-dealkylation sites (N-methyl/N-ethyl adjacent to an activating group) is 1. The highest BCUT2D eigenvalue weighted by atomic mass is 16.3. The van der Waals surface area contributed by atoms with Crippen molar-refractivity contribution in [1.29, 1.82) is 0 Å². The number of aromatic hydroxyl groups is 1. The summed E-state index contributed by atoms with van der Waals surface area (Å²) in [5.41, 5.74) is 2.78. The smallest absolute Gasteiger partial charge is 0.279 e. The Morgan fingerprint density at radius 3 is 2.38 bits per heavy atom. The Morgan fingerprint density at radius 1 is 1.08 bits per heavy atom. The highest BCUT2D eigenvalue weighted by molar-refractivity contribution is 5.91. The Balaban J connectivity index is 2.03. The van der Waals surface area contributed by atoms with Crippen LogP contribution in [-0.4, -0.2) is 43.2 Å². The molecule has 24 heavy (non-hydrogen) atoms. The van der Waals surface area contributed by atoms with Crippen LogP contribution in [0.3, 0.4) is 0 Å². The number of anilines is 1. The van der Waals surface area contributed by atoms with Gasteiger partial charge in [0.25, 0.3) is 5.91 Å². The van der Waals surface area contributed by atoms with E-state index in [0.29, 0.717) is 28.1 Å². The van der Waals surface area contributed by atoms with Gasteiger partial charge in [0.15, 0.2) is 6.54 Å². The Labute approximate surface area is 142 Å². The molecule has 2 rings (SSSR count). The monoisotopic (exact) mass is 327 g/mol. The second-order valence-corrected chi connectivity index (χ2v) is 6.74. The van der Waals surface area contributed by atoms with E-state index in [0.717, 1.165) is 5.56 Å². The molecule has 126 valence electrons. The van der Waals surface area contributed by atoms with Gasteiger partial charge in [-0.1, -0.05) is 6.07 Å². The number of hydrogen-bond donors (Lipinski definition) is 2. The third-order valence-corrected chi connectivity index (χ3v) is 3.17. The minimum absolute atomic E-state index is 0.0402. The Morgan fingerprint density at radius 2 is 1.75 bits per heavy atom. The van der Waals surface area contributed by atoms with Crippen molar-refractivity contribution >= 4 is 23.0 Å². The predicted octanol–water partition coefficient (Wildman–Crippen LogP) is 3.76. The summed E-state index contributed by atoms with van der Waals surface area (Å²) in [6.45, 7) is 2.32. The number of rotatable bonds is 5. The minimum Gasteiger partial charge on any atom is -0.506 e. The summed E-state index contributed by atoms with van der Waals surface area (Å²) >= 11 is 0. The van der Waals surface area contributed by atoms with Gasteiger partial charge in [0.2, 0.25) is 0 Å². The molecule has 0 atom stereocenters. The van der Waals surface area contributed by atoms with Crippen molar-refractivity contribution in [2.75, 3.05) is 33.0 Å². The van der Waals surface area contributed by atoms with Crippen molar-refractivity contribution in [1.82, 2.24) is 0 Å². The van der Waals surface area contributed by atoms with Crippen LogP contribution in [0.1, 0.15) is 5.56 Å². The first-order chi connectivity index (χ1) is 11.2. The predicted molar refractivity (Wildman–Crippen MR) is 95.0 cm³/mol. The van der Waals surface area contributed by atoms with Crippen molar-refractivity contribution in [2.24, 2.45) is 10.2 Å². The molecule has 0 aromatic heterocycles. The van der Waals surface area contributed by atoms with Crippen LogP contribution in [0.4, 0.5) is 17.1 Å². The number of carbonyl (C=O) groups is 1. The maximum Gasteiger partial charge on any atom is 0.279 e. The zero-order valence-electron chi connectivity index (χ0n) is 14.4. The lowest BCUT2D eigenvalue weighted by molar-refractivity contribution is -0.861. The molecule has 0 bridgehead atoms. The number of benzene rings is 2. The number of amides is 1. The minimum atomic E-state index is -0.0402. The maximum atomic E-state index is 11.9. The van der Waals surface area contributed by atoms with Gasteiger partial charge in [0.1, 0.15) is 11.4 Å².